The number of hydrogen-bond donors (Lipinski definition) is 4. The van der Waals surface area contributed by atoms with Gasteiger partial charge >= 0.3 is 5.97 Å². The van der Waals surface area contributed by atoms with Crippen LogP contribution in [0.4, 0.5) is 5.69 Å². The van der Waals surface area contributed by atoms with E-state index in [1.165, 1.54) is 6.92 Å². The fraction of sp³-hybridized carbons (Fsp3) is 0.353. The lowest BCUT2D eigenvalue weighted by Gasteiger charge is -2.21. The van der Waals surface area contributed by atoms with Gasteiger partial charge in [0.1, 0.15) is 5.75 Å². The minimum atomic E-state index is -1.47. The maximum absolute atomic E-state index is 11.9. The standard InChI is InChI=1S/C17H18N4O4/c1-7-14(20-16(23)12(15(7)22)17(24)25)11-3-2-8(4-19-11)21-5-9-10(6-21)13(9)18/h2-4,9-10,13H,5-6,18H2,1H3,(H,24,25)(H2,20,22,23). The van der Waals surface area contributed by atoms with Gasteiger partial charge in [-0.3, -0.25) is 9.78 Å². The average Bonchev–Trinajstić information content (AvgIpc) is 2.98. The van der Waals surface area contributed by atoms with Crippen LogP contribution >= 0.6 is 0 Å². The van der Waals surface area contributed by atoms with Gasteiger partial charge in [-0.2, -0.15) is 0 Å². The highest BCUT2D eigenvalue weighted by Gasteiger charge is 2.53. The van der Waals surface area contributed by atoms with Gasteiger partial charge in [0.25, 0.3) is 5.56 Å². The van der Waals surface area contributed by atoms with Gasteiger partial charge in [0.15, 0.2) is 5.56 Å². The second-order valence-electron chi connectivity index (χ2n) is 6.69. The molecular weight excluding hydrogens is 324 g/mol. The molecule has 8 nitrogen and oxygen atoms in total. The number of aromatic hydroxyl groups is 1. The number of carboxylic acids is 1. The van der Waals surface area contributed by atoms with Gasteiger partial charge in [-0.25, -0.2) is 4.79 Å². The second-order valence-corrected chi connectivity index (χ2v) is 6.69. The van der Waals surface area contributed by atoms with Gasteiger partial charge in [0.05, 0.1) is 23.3 Å². The molecule has 2 atom stereocenters. The quantitative estimate of drug-likeness (QED) is 0.640. The number of carbonyl (C=O) groups is 1. The Morgan fingerprint density at radius 2 is 2.04 bits per heavy atom. The summed E-state index contributed by atoms with van der Waals surface area (Å²) in [7, 11) is 0. The van der Waals surface area contributed by atoms with Crippen molar-refractivity contribution in [1.82, 2.24) is 9.97 Å². The number of fused-ring (bicyclic) bond motifs is 1. The molecule has 0 amide bonds. The number of aromatic carboxylic acids is 1. The highest BCUT2D eigenvalue weighted by Crippen LogP contribution is 2.45. The first-order valence-electron chi connectivity index (χ1n) is 8.04. The zero-order chi connectivity index (χ0) is 17.9. The summed E-state index contributed by atoms with van der Waals surface area (Å²) in [5.41, 5.74) is 6.46. The molecule has 2 aliphatic rings. The van der Waals surface area contributed by atoms with E-state index in [1.807, 2.05) is 6.07 Å². The van der Waals surface area contributed by atoms with E-state index in [0.717, 1.165) is 18.8 Å². The largest absolute Gasteiger partial charge is 0.506 e. The number of carboxylic acid groups (broad SMARTS) is 1. The Hall–Kier alpha value is -2.87. The van der Waals surface area contributed by atoms with E-state index in [0.29, 0.717) is 29.3 Å². The first kappa shape index (κ1) is 15.6. The van der Waals surface area contributed by atoms with Gasteiger partial charge < -0.3 is 25.8 Å². The summed E-state index contributed by atoms with van der Waals surface area (Å²) in [6.07, 6.45) is 1.71. The molecule has 130 valence electrons. The smallest absolute Gasteiger partial charge is 0.345 e. The van der Waals surface area contributed by atoms with Crippen molar-refractivity contribution >= 4 is 11.7 Å². The summed E-state index contributed by atoms with van der Waals surface area (Å²) in [5.74, 6) is -0.870. The minimum absolute atomic E-state index is 0.269. The van der Waals surface area contributed by atoms with E-state index in [1.54, 1.807) is 12.3 Å². The van der Waals surface area contributed by atoms with Crippen molar-refractivity contribution < 1.29 is 15.0 Å². The summed E-state index contributed by atoms with van der Waals surface area (Å²) in [5, 5.41) is 19.1. The summed E-state index contributed by atoms with van der Waals surface area (Å²) in [6.45, 7) is 3.39. The molecule has 2 fully saturated rings. The fourth-order valence-electron chi connectivity index (χ4n) is 3.64. The molecular formula is C17H18N4O4. The van der Waals surface area contributed by atoms with Crippen molar-refractivity contribution in [3.8, 4) is 17.1 Å². The van der Waals surface area contributed by atoms with Gasteiger partial charge in [0, 0.05) is 24.7 Å². The highest BCUT2D eigenvalue weighted by atomic mass is 16.4. The van der Waals surface area contributed by atoms with Gasteiger partial charge in [-0.15, -0.1) is 0 Å². The topological polar surface area (TPSA) is 133 Å². The Morgan fingerprint density at radius 1 is 1.36 bits per heavy atom. The van der Waals surface area contributed by atoms with E-state index in [-0.39, 0.29) is 5.56 Å². The molecule has 2 aromatic rings. The number of piperidine rings is 1. The number of nitrogens with two attached hydrogens (primary N) is 1. The van der Waals surface area contributed by atoms with Crippen LogP contribution in [0.1, 0.15) is 15.9 Å². The SMILES string of the molecule is Cc1c(-c2ccc(N3CC4C(N)C4C3)cn2)[nH]c(=O)c(C(=O)O)c1O. The van der Waals surface area contributed by atoms with Crippen molar-refractivity contribution in [2.45, 2.75) is 13.0 Å². The van der Waals surface area contributed by atoms with Crippen molar-refractivity contribution in [1.29, 1.82) is 0 Å². The molecule has 2 aromatic heterocycles. The number of nitrogens with zero attached hydrogens (tertiary/aromatic N) is 2. The van der Waals surface area contributed by atoms with Crippen LogP contribution in [0.3, 0.4) is 0 Å². The van der Waals surface area contributed by atoms with Crippen molar-refractivity contribution in [3.05, 3.63) is 39.8 Å². The number of rotatable bonds is 3. The fourth-order valence-corrected chi connectivity index (χ4v) is 3.64. The van der Waals surface area contributed by atoms with E-state index in [4.69, 9.17) is 10.8 Å². The maximum atomic E-state index is 11.9. The molecule has 5 N–H and O–H groups in total. The van der Waals surface area contributed by atoms with Crippen LogP contribution in [0.5, 0.6) is 5.75 Å². The van der Waals surface area contributed by atoms with E-state index in [2.05, 4.69) is 14.9 Å². The lowest BCUT2D eigenvalue weighted by molar-refractivity contribution is 0.0691. The molecule has 1 aliphatic carbocycles. The number of hydrogen-bond acceptors (Lipinski definition) is 6. The van der Waals surface area contributed by atoms with Crippen molar-refractivity contribution in [2.24, 2.45) is 17.6 Å². The molecule has 0 bridgehead atoms. The predicted octanol–water partition coefficient (Wildman–Crippen LogP) is 0.542. The van der Waals surface area contributed by atoms with Crippen LogP contribution in [-0.4, -0.2) is 45.3 Å². The first-order chi connectivity index (χ1) is 11.9. The molecule has 1 saturated heterocycles. The number of aromatic nitrogens is 2. The third-order valence-corrected chi connectivity index (χ3v) is 5.28. The summed E-state index contributed by atoms with van der Waals surface area (Å²) in [4.78, 5) is 32.1. The molecule has 3 heterocycles. The van der Waals surface area contributed by atoms with Gasteiger partial charge in [0.2, 0.25) is 0 Å². The Balaban J connectivity index is 1.65. The van der Waals surface area contributed by atoms with E-state index >= 15 is 0 Å². The van der Waals surface area contributed by atoms with Crippen LogP contribution in [0.15, 0.2) is 23.1 Å². The monoisotopic (exact) mass is 342 g/mol. The lowest BCUT2D eigenvalue weighted by Crippen LogP contribution is -2.28. The Morgan fingerprint density at radius 3 is 2.60 bits per heavy atom. The molecule has 1 saturated carbocycles. The molecule has 1 aliphatic heterocycles. The molecule has 2 unspecified atom stereocenters. The predicted molar refractivity (Wildman–Crippen MR) is 90.8 cm³/mol. The Bertz CT molecular complexity index is 909. The number of H-pyrrole nitrogens is 1. The molecule has 0 spiro atoms. The molecule has 0 aromatic carbocycles. The summed E-state index contributed by atoms with van der Waals surface area (Å²) in [6, 6.07) is 3.97. The number of aromatic amines is 1. The number of anilines is 1. The van der Waals surface area contributed by atoms with E-state index in [9.17, 15) is 14.7 Å². The van der Waals surface area contributed by atoms with Crippen molar-refractivity contribution in [2.75, 3.05) is 18.0 Å². The molecule has 8 heteroatoms. The van der Waals surface area contributed by atoms with Gasteiger partial charge in [-0.05, 0) is 30.9 Å². The molecule has 0 radical (unpaired) electrons. The first-order valence-corrected chi connectivity index (χ1v) is 8.04. The third kappa shape index (κ3) is 2.37. The Kier molecular flexibility index (Phi) is 3.33. The van der Waals surface area contributed by atoms with Crippen LogP contribution in [-0.2, 0) is 0 Å². The van der Waals surface area contributed by atoms with Gasteiger partial charge in [-0.1, -0.05) is 0 Å². The van der Waals surface area contributed by atoms with Crippen LogP contribution in [0, 0.1) is 18.8 Å². The number of nitrogens with one attached hydrogen (secondary N) is 1. The van der Waals surface area contributed by atoms with E-state index < -0.39 is 22.8 Å². The average molecular weight is 342 g/mol. The zero-order valence-corrected chi connectivity index (χ0v) is 13.6. The summed E-state index contributed by atoms with van der Waals surface area (Å²) >= 11 is 0. The third-order valence-electron chi connectivity index (χ3n) is 5.28. The highest BCUT2D eigenvalue weighted by molar-refractivity contribution is 5.91. The molecule has 4 rings (SSSR count). The van der Waals surface area contributed by atoms with Crippen LogP contribution in [0.25, 0.3) is 11.4 Å². The molecule has 25 heavy (non-hydrogen) atoms. The normalized spacial score (nSPS) is 24.2. The Labute approximate surface area is 142 Å². The second kappa shape index (κ2) is 5.32. The zero-order valence-electron chi connectivity index (χ0n) is 13.6. The minimum Gasteiger partial charge on any atom is -0.506 e. The number of pyridine rings is 2. The lowest BCUT2D eigenvalue weighted by atomic mass is 10.1. The summed E-state index contributed by atoms with van der Waals surface area (Å²) < 4.78 is 0. The van der Waals surface area contributed by atoms with Crippen LogP contribution in [0.2, 0.25) is 0 Å². The van der Waals surface area contributed by atoms with Crippen molar-refractivity contribution in [3.63, 3.8) is 0 Å². The maximum Gasteiger partial charge on any atom is 0.345 e. The van der Waals surface area contributed by atoms with Crippen LogP contribution < -0.4 is 16.2 Å².